The van der Waals surface area contributed by atoms with Gasteiger partial charge in [0.1, 0.15) is 24.1 Å². The van der Waals surface area contributed by atoms with Gasteiger partial charge in [0.15, 0.2) is 0 Å². The molecule has 0 saturated heterocycles. The zero-order valence-corrected chi connectivity index (χ0v) is 21.1. The molecule has 0 radical (unpaired) electrons. The molecule has 0 fully saturated rings. The van der Waals surface area contributed by atoms with Crippen molar-refractivity contribution in [2.24, 2.45) is 0 Å². The Labute approximate surface area is 210 Å². The van der Waals surface area contributed by atoms with Gasteiger partial charge < -0.3 is 18.7 Å². The number of para-hydroxylation sites is 1. The summed E-state index contributed by atoms with van der Waals surface area (Å²) < 4.78 is 32.9. The molecule has 190 valence electrons. The molecule has 10 nitrogen and oxygen atoms in total. The van der Waals surface area contributed by atoms with Crippen molar-refractivity contribution in [1.29, 1.82) is 0 Å². The summed E-state index contributed by atoms with van der Waals surface area (Å²) in [5.41, 5.74) is 0.481. The van der Waals surface area contributed by atoms with Gasteiger partial charge in [-0.2, -0.15) is 8.42 Å². The highest BCUT2D eigenvalue weighted by Gasteiger charge is 2.33. The van der Waals surface area contributed by atoms with E-state index in [1.807, 2.05) is 13.8 Å². The molecule has 3 rings (SSSR count). The predicted octanol–water partition coefficient (Wildman–Crippen LogP) is 2.64. The third-order valence-corrected chi connectivity index (χ3v) is 5.60. The molecule has 1 aliphatic rings. The lowest BCUT2D eigenvalue weighted by Gasteiger charge is -2.29. The fraction of sp³-hybridized carbons (Fsp3) is 0.240. The van der Waals surface area contributed by atoms with E-state index in [1.54, 1.807) is 54.6 Å². The maximum Gasteiger partial charge on any atom is 0.305 e. The molecule has 2 aromatic carbocycles. The van der Waals surface area contributed by atoms with E-state index in [4.69, 9.17) is 4.74 Å². The molecule has 0 unspecified atom stereocenters. The van der Waals surface area contributed by atoms with E-state index >= 15 is 0 Å². The van der Waals surface area contributed by atoms with Crippen molar-refractivity contribution in [3.8, 4) is 5.75 Å². The van der Waals surface area contributed by atoms with E-state index in [0.29, 0.717) is 23.4 Å². The highest BCUT2D eigenvalue weighted by atomic mass is 32.2. The number of benzene rings is 2. The number of nitrogens with zero attached hydrogens (tertiary/aromatic N) is 3. The van der Waals surface area contributed by atoms with Crippen molar-refractivity contribution in [2.45, 2.75) is 19.9 Å². The van der Waals surface area contributed by atoms with Crippen LogP contribution in [0.2, 0.25) is 0 Å². The Morgan fingerprint density at radius 3 is 2.19 bits per heavy atom. The Kier molecular flexibility index (Phi) is 8.15. The minimum absolute atomic E-state index is 0.247. The van der Waals surface area contributed by atoms with Crippen LogP contribution in [0, 0.1) is 0 Å². The second-order valence-electron chi connectivity index (χ2n) is 8.13. The van der Waals surface area contributed by atoms with E-state index in [2.05, 4.69) is 4.18 Å². The summed E-state index contributed by atoms with van der Waals surface area (Å²) in [6.45, 7) is 3.24. The van der Waals surface area contributed by atoms with Crippen molar-refractivity contribution in [3.63, 3.8) is 0 Å². The lowest BCUT2D eigenvalue weighted by atomic mass is 10.2. The predicted molar refractivity (Wildman–Crippen MR) is 134 cm³/mol. The number of rotatable bonds is 8. The van der Waals surface area contributed by atoms with Crippen LogP contribution in [-0.4, -0.2) is 57.0 Å². The van der Waals surface area contributed by atoms with Crippen LogP contribution in [0.5, 0.6) is 5.75 Å². The molecular weight excluding hydrogens is 486 g/mol. The smallest absolute Gasteiger partial charge is 0.305 e. The van der Waals surface area contributed by atoms with E-state index in [9.17, 15) is 22.8 Å². The molecule has 2 aromatic rings. The fourth-order valence-corrected chi connectivity index (χ4v) is 3.78. The first-order chi connectivity index (χ1) is 17.0. The van der Waals surface area contributed by atoms with Gasteiger partial charge in [-0.1, -0.05) is 18.2 Å². The molecule has 11 heteroatoms. The highest BCUT2D eigenvalue weighted by molar-refractivity contribution is 7.86. The summed E-state index contributed by atoms with van der Waals surface area (Å²) in [7, 11) is -2.46. The van der Waals surface area contributed by atoms with Crippen LogP contribution >= 0.6 is 0 Å². The van der Waals surface area contributed by atoms with Crippen molar-refractivity contribution in [3.05, 3.63) is 78.8 Å². The highest BCUT2D eigenvalue weighted by Crippen LogP contribution is 2.24. The Balaban J connectivity index is 1.97. The number of hydrogen-bond acceptors (Lipinski definition) is 7. The zero-order chi connectivity index (χ0) is 26.5. The van der Waals surface area contributed by atoms with Crippen molar-refractivity contribution >= 4 is 39.2 Å². The van der Waals surface area contributed by atoms with Gasteiger partial charge in [-0.15, -0.1) is 0 Å². The Morgan fingerprint density at radius 2 is 1.64 bits per heavy atom. The van der Waals surface area contributed by atoms with E-state index in [-0.39, 0.29) is 6.04 Å². The largest absolute Gasteiger partial charge is 0.497 e. The molecule has 0 N–H and O–H groups in total. The van der Waals surface area contributed by atoms with Crippen LogP contribution in [0.15, 0.2) is 78.8 Å². The minimum atomic E-state index is -4.00. The summed E-state index contributed by atoms with van der Waals surface area (Å²) in [5.74, 6) is -1.49. The van der Waals surface area contributed by atoms with Crippen LogP contribution in [0.1, 0.15) is 13.8 Å². The average Bonchev–Trinajstić information content (AvgIpc) is 2.94. The maximum atomic E-state index is 13.3. The van der Waals surface area contributed by atoms with Gasteiger partial charge in [-0.3, -0.25) is 19.3 Å². The van der Waals surface area contributed by atoms with Gasteiger partial charge in [-0.25, -0.2) is 0 Å². The fourth-order valence-electron chi connectivity index (χ4n) is 3.51. The molecule has 0 bridgehead atoms. The quantitative estimate of drug-likeness (QED) is 0.231. The summed E-state index contributed by atoms with van der Waals surface area (Å²) in [4.78, 5) is 43.6. The Bertz CT molecular complexity index is 1290. The molecule has 0 aromatic heterocycles. The number of methoxy groups -OCH3 is 1. The lowest BCUT2D eigenvalue weighted by molar-refractivity contribution is -0.131. The van der Waals surface area contributed by atoms with Crippen LogP contribution in [-0.2, 0) is 28.7 Å². The number of anilines is 2. The van der Waals surface area contributed by atoms with Gasteiger partial charge in [0.05, 0.1) is 13.4 Å². The number of carbonyl (C=O) groups excluding carboxylic acids is 3. The van der Waals surface area contributed by atoms with Gasteiger partial charge in [0.2, 0.25) is 5.91 Å². The molecule has 36 heavy (non-hydrogen) atoms. The third-order valence-electron chi connectivity index (χ3n) is 5.15. The SMILES string of the molecule is COc1ccc(N(C(=O)CN2C=CN(c3ccccc3)C(=O)/C(=C\OS(C)(=O)=O)C2=O)C(C)C)cc1. The molecule has 0 aliphatic carbocycles. The minimum Gasteiger partial charge on any atom is -0.497 e. The summed E-state index contributed by atoms with van der Waals surface area (Å²) in [6, 6.07) is 15.1. The Morgan fingerprint density at radius 1 is 1.00 bits per heavy atom. The molecule has 1 aliphatic heterocycles. The lowest BCUT2D eigenvalue weighted by Crippen LogP contribution is -2.44. The van der Waals surface area contributed by atoms with Gasteiger partial charge in [0.25, 0.3) is 11.8 Å². The van der Waals surface area contributed by atoms with Gasteiger partial charge >= 0.3 is 10.1 Å². The molecule has 0 spiro atoms. The van der Waals surface area contributed by atoms with Crippen LogP contribution < -0.4 is 14.5 Å². The molecular formula is C25H27N3O7S. The molecule has 3 amide bonds. The van der Waals surface area contributed by atoms with Gasteiger partial charge in [-0.05, 0) is 50.2 Å². The van der Waals surface area contributed by atoms with Crippen LogP contribution in [0.3, 0.4) is 0 Å². The summed E-state index contributed by atoms with van der Waals surface area (Å²) in [6.07, 6.45) is 4.04. The first-order valence-corrected chi connectivity index (χ1v) is 12.8. The van der Waals surface area contributed by atoms with E-state index in [1.165, 1.54) is 29.3 Å². The Hall–Kier alpha value is -4.12. The first-order valence-electron chi connectivity index (χ1n) is 10.9. The van der Waals surface area contributed by atoms with Gasteiger partial charge in [0, 0.05) is 29.8 Å². The second-order valence-corrected chi connectivity index (χ2v) is 9.73. The number of carbonyl (C=O) groups is 3. The number of amides is 3. The monoisotopic (exact) mass is 513 g/mol. The summed E-state index contributed by atoms with van der Waals surface area (Å²) >= 11 is 0. The topological polar surface area (TPSA) is 114 Å². The van der Waals surface area contributed by atoms with Crippen molar-refractivity contribution in [1.82, 2.24) is 4.90 Å². The standard InChI is InChI=1S/C25H27N3O7S/c1-18(2)28(20-10-12-21(34-3)13-11-20)23(29)16-26-14-15-27(19-8-6-5-7-9-19)25(31)22(24(26)30)17-35-36(4,32)33/h5-15,17-18H,16H2,1-4H3/b22-17-. The maximum absolute atomic E-state index is 13.3. The molecule has 0 saturated carbocycles. The third kappa shape index (κ3) is 6.30. The molecule has 1 heterocycles. The molecule has 0 atom stereocenters. The average molecular weight is 514 g/mol. The zero-order valence-electron chi connectivity index (χ0n) is 20.3. The van der Waals surface area contributed by atoms with E-state index in [0.717, 1.165) is 11.2 Å². The first kappa shape index (κ1) is 26.5. The normalized spacial score (nSPS) is 15.3. The van der Waals surface area contributed by atoms with Crippen molar-refractivity contribution < 1.29 is 31.7 Å². The van der Waals surface area contributed by atoms with Crippen LogP contribution in [0.4, 0.5) is 11.4 Å². The number of hydrogen-bond donors (Lipinski definition) is 0. The van der Waals surface area contributed by atoms with E-state index < -0.39 is 40.0 Å². The van der Waals surface area contributed by atoms with Crippen LogP contribution in [0.25, 0.3) is 0 Å². The number of ether oxygens (including phenoxy) is 1. The summed E-state index contributed by atoms with van der Waals surface area (Å²) in [5, 5.41) is 0. The van der Waals surface area contributed by atoms with Crippen molar-refractivity contribution in [2.75, 3.05) is 29.7 Å². The second kappa shape index (κ2) is 11.1.